The Kier molecular flexibility index (Phi) is 4.29. The van der Waals surface area contributed by atoms with E-state index in [4.69, 9.17) is 5.11 Å². The molecule has 21 heavy (non-hydrogen) atoms. The third kappa shape index (κ3) is 3.59. The monoisotopic (exact) mass is 302 g/mol. The van der Waals surface area contributed by atoms with Crippen LogP contribution in [0.1, 0.15) is 18.4 Å². The molecule has 1 aromatic rings. The highest BCUT2D eigenvalue weighted by molar-refractivity contribution is 5.65. The largest absolute Gasteiger partial charge is 0.465 e. The molecule has 1 amide bonds. The number of amides is 1. The molecular weight excluding hydrogens is 285 g/mol. The van der Waals surface area contributed by atoms with Crippen molar-refractivity contribution < 1.29 is 23.1 Å². The second-order valence-corrected chi connectivity index (χ2v) is 5.16. The van der Waals surface area contributed by atoms with E-state index in [-0.39, 0.29) is 6.04 Å². The summed E-state index contributed by atoms with van der Waals surface area (Å²) in [5.74, 6) is 0. The molecule has 0 bridgehead atoms. The van der Waals surface area contributed by atoms with Crippen LogP contribution in [0.5, 0.6) is 0 Å². The van der Waals surface area contributed by atoms with Crippen LogP contribution in [0.4, 0.5) is 23.7 Å². The molecule has 116 valence electrons. The highest BCUT2D eigenvalue weighted by Gasteiger charge is 2.30. The molecule has 1 N–H and O–H groups in total. The lowest BCUT2D eigenvalue weighted by molar-refractivity contribution is -0.137. The van der Waals surface area contributed by atoms with E-state index in [9.17, 15) is 18.0 Å². The summed E-state index contributed by atoms with van der Waals surface area (Å²) >= 11 is 0. The Balaban J connectivity index is 2.01. The normalized spacial score (nSPS) is 16.9. The minimum absolute atomic E-state index is 0.136. The number of halogens is 3. The SMILES string of the molecule is CN(c1ccc(C(F)(F)F)cc1)C1CCN(C(=O)O)CC1. The van der Waals surface area contributed by atoms with Crippen LogP contribution in [-0.2, 0) is 6.18 Å². The van der Waals surface area contributed by atoms with E-state index in [0.717, 1.165) is 12.1 Å². The van der Waals surface area contributed by atoms with Crippen molar-refractivity contribution >= 4 is 11.8 Å². The Morgan fingerprint density at radius 1 is 1.24 bits per heavy atom. The molecule has 1 saturated heterocycles. The number of alkyl halides is 3. The van der Waals surface area contributed by atoms with Crippen LogP contribution in [-0.4, -0.2) is 42.3 Å². The molecule has 1 aliphatic heterocycles. The Morgan fingerprint density at radius 3 is 2.19 bits per heavy atom. The first-order valence-corrected chi connectivity index (χ1v) is 6.67. The molecule has 0 aliphatic carbocycles. The molecule has 0 aromatic heterocycles. The molecule has 0 unspecified atom stereocenters. The van der Waals surface area contributed by atoms with Gasteiger partial charge in [-0.05, 0) is 37.1 Å². The van der Waals surface area contributed by atoms with E-state index in [0.29, 0.717) is 31.6 Å². The van der Waals surface area contributed by atoms with Gasteiger partial charge in [0.15, 0.2) is 0 Å². The molecule has 1 aromatic carbocycles. The maximum Gasteiger partial charge on any atom is 0.416 e. The van der Waals surface area contributed by atoms with Gasteiger partial charge in [0.1, 0.15) is 0 Å². The Bertz CT molecular complexity index is 494. The van der Waals surface area contributed by atoms with E-state index in [2.05, 4.69) is 0 Å². The number of anilines is 1. The Labute approximate surface area is 120 Å². The number of nitrogens with zero attached hydrogens (tertiary/aromatic N) is 2. The highest BCUT2D eigenvalue weighted by Crippen LogP contribution is 2.31. The maximum absolute atomic E-state index is 12.5. The zero-order valence-corrected chi connectivity index (χ0v) is 11.6. The number of carboxylic acid groups (broad SMARTS) is 1. The van der Waals surface area contributed by atoms with Gasteiger partial charge in [0, 0.05) is 31.9 Å². The zero-order chi connectivity index (χ0) is 15.6. The third-order valence-electron chi connectivity index (χ3n) is 3.88. The first-order valence-electron chi connectivity index (χ1n) is 6.67. The van der Waals surface area contributed by atoms with Crippen molar-refractivity contribution in [2.75, 3.05) is 25.0 Å². The summed E-state index contributed by atoms with van der Waals surface area (Å²) in [6.07, 6.45) is -3.91. The molecule has 0 atom stereocenters. The van der Waals surface area contributed by atoms with Gasteiger partial charge in [-0.3, -0.25) is 0 Å². The van der Waals surface area contributed by atoms with Crippen molar-refractivity contribution in [3.05, 3.63) is 29.8 Å². The standard InChI is InChI=1S/C14H17F3N2O2/c1-18(12-6-8-19(9-7-12)13(20)21)11-4-2-10(3-5-11)14(15,16)17/h2-5,12H,6-9H2,1H3,(H,20,21). The minimum atomic E-state index is -4.33. The summed E-state index contributed by atoms with van der Waals surface area (Å²) < 4.78 is 37.6. The molecule has 7 heteroatoms. The van der Waals surface area contributed by atoms with Gasteiger partial charge in [-0.25, -0.2) is 4.79 Å². The van der Waals surface area contributed by atoms with Gasteiger partial charge >= 0.3 is 12.3 Å². The van der Waals surface area contributed by atoms with Crippen molar-refractivity contribution in [1.82, 2.24) is 4.90 Å². The van der Waals surface area contributed by atoms with E-state index in [1.807, 2.05) is 11.9 Å². The molecule has 4 nitrogen and oxygen atoms in total. The number of likely N-dealkylation sites (tertiary alicyclic amines) is 1. The van der Waals surface area contributed by atoms with Crippen LogP contribution in [0.15, 0.2) is 24.3 Å². The van der Waals surface area contributed by atoms with Gasteiger partial charge in [-0.15, -0.1) is 0 Å². The van der Waals surface area contributed by atoms with Crippen molar-refractivity contribution in [2.45, 2.75) is 25.1 Å². The zero-order valence-electron chi connectivity index (χ0n) is 11.6. The van der Waals surface area contributed by atoms with E-state index < -0.39 is 17.8 Å². The number of piperidine rings is 1. The van der Waals surface area contributed by atoms with E-state index in [1.54, 1.807) is 0 Å². The fraction of sp³-hybridized carbons (Fsp3) is 0.500. The van der Waals surface area contributed by atoms with Crippen molar-refractivity contribution in [3.8, 4) is 0 Å². The average Bonchev–Trinajstić information content (AvgIpc) is 2.46. The van der Waals surface area contributed by atoms with Crippen molar-refractivity contribution in [3.63, 3.8) is 0 Å². The predicted molar refractivity (Wildman–Crippen MR) is 72.5 cm³/mol. The number of hydrogen-bond donors (Lipinski definition) is 1. The highest BCUT2D eigenvalue weighted by atomic mass is 19.4. The fourth-order valence-electron chi connectivity index (χ4n) is 2.54. The Hall–Kier alpha value is -1.92. The summed E-state index contributed by atoms with van der Waals surface area (Å²) in [5, 5.41) is 8.89. The fourth-order valence-corrected chi connectivity index (χ4v) is 2.54. The predicted octanol–water partition coefficient (Wildman–Crippen LogP) is 3.28. The van der Waals surface area contributed by atoms with Crippen LogP contribution in [0.3, 0.4) is 0 Å². The second-order valence-electron chi connectivity index (χ2n) is 5.16. The molecule has 0 radical (unpaired) electrons. The smallest absolute Gasteiger partial charge is 0.416 e. The first-order chi connectivity index (χ1) is 9.79. The summed E-state index contributed by atoms with van der Waals surface area (Å²) in [6, 6.07) is 5.17. The van der Waals surface area contributed by atoms with Gasteiger partial charge < -0.3 is 14.9 Å². The lowest BCUT2D eigenvalue weighted by atomic mass is 10.0. The van der Waals surface area contributed by atoms with Gasteiger partial charge in [0.25, 0.3) is 0 Å². The number of benzene rings is 1. The van der Waals surface area contributed by atoms with Gasteiger partial charge in [-0.1, -0.05) is 0 Å². The summed E-state index contributed by atoms with van der Waals surface area (Å²) in [5.41, 5.74) is 0.0390. The van der Waals surface area contributed by atoms with Crippen LogP contribution in [0, 0.1) is 0 Å². The first kappa shape index (κ1) is 15.5. The molecular formula is C14H17F3N2O2. The van der Waals surface area contributed by atoms with Crippen LogP contribution >= 0.6 is 0 Å². The number of carbonyl (C=O) groups is 1. The number of hydrogen-bond acceptors (Lipinski definition) is 2. The summed E-state index contributed by atoms with van der Waals surface area (Å²) in [6.45, 7) is 0.899. The van der Waals surface area contributed by atoms with Crippen molar-refractivity contribution in [2.24, 2.45) is 0 Å². The van der Waals surface area contributed by atoms with Crippen molar-refractivity contribution in [1.29, 1.82) is 0 Å². The van der Waals surface area contributed by atoms with E-state index in [1.165, 1.54) is 17.0 Å². The van der Waals surface area contributed by atoms with Crippen LogP contribution < -0.4 is 4.90 Å². The molecule has 1 aliphatic rings. The lowest BCUT2D eigenvalue weighted by Crippen LogP contribution is -2.45. The minimum Gasteiger partial charge on any atom is -0.465 e. The lowest BCUT2D eigenvalue weighted by Gasteiger charge is -2.36. The van der Waals surface area contributed by atoms with E-state index >= 15 is 0 Å². The summed E-state index contributed by atoms with van der Waals surface area (Å²) in [4.78, 5) is 14.1. The van der Waals surface area contributed by atoms with Crippen LogP contribution in [0.2, 0.25) is 0 Å². The molecule has 1 fully saturated rings. The molecule has 2 rings (SSSR count). The summed E-state index contributed by atoms with van der Waals surface area (Å²) in [7, 11) is 1.82. The third-order valence-corrected chi connectivity index (χ3v) is 3.88. The average molecular weight is 302 g/mol. The quantitative estimate of drug-likeness (QED) is 0.911. The van der Waals surface area contributed by atoms with Crippen LogP contribution in [0.25, 0.3) is 0 Å². The molecule has 0 spiro atoms. The van der Waals surface area contributed by atoms with Gasteiger partial charge in [-0.2, -0.15) is 13.2 Å². The molecule has 1 heterocycles. The van der Waals surface area contributed by atoms with Gasteiger partial charge in [0.05, 0.1) is 5.56 Å². The topological polar surface area (TPSA) is 43.8 Å². The Morgan fingerprint density at radius 2 is 1.76 bits per heavy atom. The van der Waals surface area contributed by atoms with Gasteiger partial charge in [0.2, 0.25) is 0 Å². The molecule has 0 saturated carbocycles. The second kappa shape index (κ2) is 5.83. The number of rotatable bonds is 2. The maximum atomic E-state index is 12.5.